The van der Waals surface area contributed by atoms with Crippen molar-refractivity contribution in [2.75, 3.05) is 46.4 Å². The molecule has 1 unspecified atom stereocenters. The van der Waals surface area contributed by atoms with Crippen LogP contribution in [0.25, 0.3) is 0 Å². The van der Waals surface area contributed by atoms with Gasteiger partial charge in [-0.25, -0.2) is 0 Å². The first-order valence-electron chi connectivity index (χ1n) is 7.01. The third-order valence-corrected chi connectivity index (χ3v) is 3.02. The highest BCUT2D eigenvalue weighted by Gasteiger charge is 2.24. The van der Waals surface area contributed by atoms with Crippen LogP contribution in [0.3, 0.4) is 0 Å². The van der Waals surface area contributed by atoms with Crippen LogP contribution in [0, 0.1) is 5.92 Å². The van der Waals surface area contributed by atoms with Crippen molar-refractivity contribution in [1.29, 1.82) is 0 Å². The zero-order valence-corrected chi connectivity index (χ0v) is 12.6. The molecule has 0 bridgehead atoms. The van der Waals surface area contributed by atoms with Crippen molar-refractivity contribution in [3.05, 3.63) is 0 Å². The number of nitrogens with zero attached hydrogens (tertiary/aromatic N) is 2. The van der Waals surface area contributed by atoms with Crippen LogP contribution in [0.5, 0.6) is 0 Å². The summed E-state index contributed by atoms with van der Waals surface area (Å²) in [6, 6.07) is 0. The molecular weight excluding hydrogens is 228 g/mol. The van der Waals surface area contributed by atoms with Crippen LogP contribution in [0.2, 0.25) is 0 Å². The summed E-state index contributed by atoms with van der Waals surface area (Å²) in [4.78, 5) is 4.64. The predicted molar refractivity (Wildman–Crippen MR) is 74.8 cm³/mol. The monoisotopic (exact) mass is 258 g/mol. The summed E-state index contributed by atoms with van der Waals surface area (Å²) in [5, 5.41) is 9.80. The fourth-order valence-corrected chi connectivity index (χ4v) is 2.65. The smallest absolute Gasteiger partial charge is 0.0829 e. The third kappa shape index (κ3) is 6.69. The van der Waals surface area contributed by atoms with Gasteiger partial charge in [0.2, 0.25) is 0 Å². The van der Waals surface area contributed by atoms with E-state index in [2.05, 4.69) is 23.6 Å². The van der Waals surface area contributed by atoms with Crippen LogP contribution in [-0.2, 0) is 4.74 Å². The number of hydrogen-bond acceptors (Lipinski definition) is 4. The molecule has 18 heavy (non-hydrogen) atoms. The Balaban J connectivity index is 2.33. The van der Waals surface area contributed by atoms with Gasteiger partial charge in [0.25, 0.3) is 0 Å². The minimum Gasteiger partial charge on any atom is -0.389 e. The molecule has 4 heteroatoms. The lowest BCUT2D eigenvalue weighted by molar-refractivity contribution is -0.0514. The van der Waals surface area contributed by atoms with Crippen molar-refractivity contribution in [1.82, 2.24) is 9.80 Å². The molecule has 0 aromatic heterocycles. The number of likely N-dealkylation sites (N-methyl/N-ethyl adjacent to an activating group) is 1. The Morgan fingerprint density at radius 2 is 2.11 bits per heavy atom. The van der Waals surface area contributed by atoms with Gasteiger partial charge >= 0.3 is 0 Å². The van der Waals surface area contributed by atoms with Gasteiger partial charge in [-0.1, -0.05) is 13.8 Å². The quantitative estimate of drug-likeness (QED) is 0.772. The summed E-state index contributed by atoms with van der Waals surface area (Å²) in [6.45, 7) is 13.8. The number of hydrogen-bond donors (Lipinski definition) is 1. The summed E-state index contributed by atoms with van der Waals surface area (Å²) in [5.41, 5.74) is -0.638. The van der Waals surface area contributed by atoms with Gasteiger partial charge in [0, 0.05) is 32.7 Å². The molecule has 0 spiro atoms. The second-order valence-corrected chi connectivity index (χ2v) is 6.66. The van der Waals surface area contributed by atoms with E-state index in [0.717, 1.165) is 32.8 Å². The molecule has 0 amide bonds. The SMILES string of the molecule is CC(C)CN1CCOC(CN(C)CC(C)(C)O)C1. The van der Waals surface area contributed by atoms with E-state index in [1.165, 1.54) is 0 Å². The third-order valence-electron chi connectivity index (χ3n) is 3.02. The lowest BCUT2D eigenvalue weighted by Crippen LogP contribution is -2.49. The molecule has 0 aromatic rings. The van der Waals surface area contributed by atoms with Gasteiger partial charge in [0.05, 0.1) is 18.3 Å². The second kappa shape index (κ2) is 6.85. The van der Waals surface area contributed by atoms with E-state index < -0.39 is 5.60 Å². The van der Waals surface area contributed by atoms with Crippen LogP contribution >= 0.6 is 0 Å². The molecule has 1 N–H and O–H groups in total. The largest absolute Gasteiger partial charge is 0.389 e. The zero-order chi connectivity index (χ0) is 13.8. The second-order valence-electron chi connectivity index (χ2n) is 6.66. The molecule has 108 valence electrons. The molecular formula is C14H30N2O2. The Bertz CT molecular complexity index is 238. The number of morpholine rings is 1. The van der Waals surface area contributed by atoms with Crippen molar-refractivity contribution in [3.8, 4) is 0 Å². The molecule has 1 heterocycles. The highest BCUT2D eigenvalue weighted by molar-refractivity contribution is 4.77. The van der Waals surface area contributed by atoms with Gasteiger partial charge in [-0.05, 0) is 26.8 Å². The Morgan fingerprint density at radius 1 is 1.44 bits per heavy atom. The summed E-state index contributed by atoms with van der Waals surface area (Å²) in [7, 11) is 2.04. The summed E-state index contributed by atoms with van der Waals surface area (Å²) in [6.07, 6.45) is 0.268. The van der Waals surface area contributed by atoms with Gasteiger partial charge in [-0.2, -0.15) is 0 Å². The van der Waals surface area contributed by atoms with Gasteiger partial charge in [-0.3, -0.25) is 4.90 Å². The number of rotatable bonds is 6. The van der Waals surface area contributed by atoms with E-state index >= 15 is 0 Å². The number of ether oxygens (including phenoxy) is 1. The lowest BCUT2D eigenvalue weighted by atomic mass is 10.1. The topological polar surface area (TPSA) is 35.9 Å². The van der Waals surface area contributed by atoms with Crippen molar-refractivity contribution in [2.24, 2.45) is 5.92 Å². The van der Waals surface area contributed by atoms with Crippen LogP contribution < -0.4 is 0 Å². The highest BCUT2D eigenvalue weighted by Crippen LogP contribution is 2.10. The van der Waals surface area contributed by atoms with E-state index in [1.54, 1.807) is 0 Å². The summed E-state index contributed by atoms with van der Waals surface area (Å²) >= 11 is 0. The van der Waals surface area contributed by atoms with Crippen molar-refractivity contribution in [3.63, 3.8) is 0 Å². The molecule has 0 saturated carbocycles. The average molecular weight is 258 g/mol. The van der Waals surface area contributed by atoms with E-state index in [1.807, 2.05) is 20.9 Å². The first kappa shape index (κ1) is 15.9. The van der Waals surface area contributed by atoms with Gasteiger partial charge < -0.3 is 14.7 Å². The van der Waals surface area contributed by atoms with E-state index in [-0.39, 0.29) is 6.10 Å². The fraction of sp³-hybridized carbons (Fsp3) is 1.00. The molecule has 0 radical (unpaired) electrons. The minimum atomic E-state index is -0.638. The maximum absolute atomic E-state index is 9.80. The molecule has 1 atom stereocenters. The van der Waals surface area contributed by atoms with Crippen LogP contribution in [0.1, 0.15) is 27.7 Å². The Hall–Kier alpha value is -0.160. The van der Waals surface area contributed by atoms with E-state index in [4.69, 9.17) is 4.74 Å². The Labute approximate surface area is 112 Å². The molecule has 1 fully saturated rings. The average Bonchev–Trinajstić information content (AvgIpc) is 2.13. The summed E-state index contributed by atoms with van der Waals surface area (Å²) in [5.74, 6) is 0.706. The normalized spacial score (nSPS) is 23.0. The first-order chi connectivity index (χ1) is 8.26. The Kier molecular flexibility index (Phi) is 6.05. The summed E-state index contributed by atoms with van der Waals surface area (Å²) < 4.78 is 5.81. The standard InChI is InChI=1S/C14H30N2O2/c1-12(2)8-16-6-7-18-13(10-16)9-15(5)11-14(3,4)17/h12-13,17H,6-11H2,1-5H3. The highest BCUT2D eigenvalue weighted by atomic mass is 16.5. The fourth-order valence-electron chi connectivity index (χ4n) is 2.65. The molecule has 1 rings (SSSR count). The molecule has 0 aliphatic carbocycles. The molecule has 0 aromatic carbocycles. The van der Waals surface area contributed by atoms with Crippen LogP contribution in [0.4, 0.5) is 0 Å². The zero-order valence-electron chi connectivity index (χ0n) is 12.6. The molecule has 1 saturated heterocycles. The lowest BCUT2D eigenvalue weighted by Gasteiger charge is -2.36. The Morgan fingerprint density at radius 3 is 2.67 bits per heavy atom. The van der Waals surface area contributed by atoms with E-state index in [0.29, 0.717) is 12.5 Å². The first-order valence-corrected chi connectivity index (χ1v) is 7.01. The van der Waals surface area contributed by atoms with Crippen LogP contribution in [-0.4, -0.2) is 73.0 Å². The molecule has 4 nitrogen and oxygen atoms in total. The van der Waals surface area contributed by atoms with Crippen molar-refractivity contribution >= 4 is 0 Å². The predicted octanol–water partition coefficient (Wildman–Crippen LogP) is 1.05. The van der Waals surface area contributed by atoms with Crippen LogP contribution in [0.15, 0.2) is 0 Å². The maximum atomic E-state index is 9.80. The number of aliphatic hydroxyl groups is 1. The maximum Gasteiger partial charge on any atom is 0.0829 e. The molecule has 1 aliphatic rings. The van der Waals surface area contributed by atoms with Gasteiger partial charge in [-0.15, -0.1) is 0 Å². The van der Waals surface area contributed by atoms with E-state index in [9.17, 15) is 5.11 Å². The van der Waals surface area contributed by atoms with Crippen molar-refractivity contribution < 1.29 is 9.84 Å². The van der Waals surface area contributed by atoms with Gasteiger partial charge in [0.1, 0.15) is 0 Å². The minimum absolute atomic E-state index is 0.268. The van der Waals surface area contributed by atoms with Gasteiger partial charge in [0.15, 0.2) is 0 Å². The molecule has 1 aliphatic heterocycles. The van der Waals surface area contributed by atoms with Crippen molar-refractivity contribution in [2.45, 2.75) is 39.4 Å².